The van der Waals surface area contributed by atoms with E-state index in [0.29, 0.717) is 24.0 Å². The Morgan fingerprint density at radius 2 is 1.85 bits per heavy atom. The van der Waals surface area contributed by atoms with Crippen LogP contribution in [0, 0.1) is 24.2 Å². The Kier molecular flexibility index (Phi) is 4.32. The highest BCUT2D eigenvalue weighted by atomic mass is 16.2. The monoisotopic (exact) mass is 369 g/mol. The quantitative estimate of drug-likeness (QED) is 0.832. The summed E-state index contributed by atoms with van der Waals surface area (Å²) in [5.41, 5.74) is 0.460. The zero-order chi connectivity index (χ0) is 19.2. The first-order chi connectivity index (χ1) is 12.8. The maximum Gasteiger partial charge on any atom is 0.270 e. The smallest absolute Gasteiger partial charge is 0.270 e. The summed E-state index contributed by atoms with van der Waals surface area (Å²) in [6.45, 7) is 3.44. The highest BCUT2D eigenvalue weighted by molar-refractivity contribution is 5.93. The van der Waals surface area contributed by atoms with Crippen LogP contribution in [0.1, 0.15) is 61.6 Å². The molecule has 1 heterocycles. The fourth-order valence-electron chi connectivity index (χ4n) is 6.04. The van der Waals surface area contributed by atoms with Crippen molar-refractivity contribution in [2.75, 3.05) is 6.54 Å². The minimum atomic E-state index is -0.452. The van der Waals surface area contributed by atoms with Crippen molar-refractivity contribution in [1.82, 2.24) is 15.6 Å². The Hall–Kier alpha value is -2.24. The Morgan fingerprint density at radius 1 is 1.15 bits per heavy atom. The average molecular weight is 369 g/mol. The number of rotatable bonds is 5. The Labute approximate surface area is 159 Å². The summed E-state index contributed by atoms with van der Waals surface area (Å²) in [7, 11) is 0. The average Bonchev–Trinajstić information content (AvgIpc) is 2.58. The molecule has 4 aliphatic carbocycles. The van der Waals surface area contributed by atoms with Crippen LogP contribution in [0.3, 0.4) is 0 Å². The molecule has 6 nitrogen and oxygen atoms in total. The number of Topliss-reactive ketones (excluding diaryl/α,β-unsaturated/α-hetero) is 1. The van der Waals surface area contributed by atoms with Gasteiger partial charge in [0.25, 0.3) is 5.91 Å². The second-order valence-corrected chi connectivity index (χ2v) is 9.02. The third kappa shape index (κ3) is 3.37. The molecule has 1 aromatic heterocycles. The van der Waals surface area contributed by atoms with Gasteiger partial charge in [-0.15, -0.1) is 0 Å². The Bertz CT molecular complexity index is 790. The number of carbonyl (C=O) groups is 3. The third-order valence-electron chi connectivity index (χ3n) is 6.54. The topological polar surface area (TPSA) is 88.2 Å². The number of nitrogens with zero attached hydrogens (tertiary/aromatic N) is 1. The summed E-state index contributed by atoms with van der Waals surface area (Å²) in [6.07, 6.45) is 5.41. The number of aryl methyl sites for hydroxylation is 1. The number of ketones is 1. The van der Waals surface area contributed by atoms with E-state index in [2.05, 4.69) is 15.6 Å². The summed E-state index contributed by atoms with van der Waals surface area (Å²) in [5, 5.41) is 6.10. The van der Waals surface area contributed by atoms with E-state index in [0.717, 1.165) is 37.8 Å². The SMILES string of the molecule is CC(=O)CNC(=O)C12CC3CC(CC(NC(=O)c4cccc(C)n4)(C3)C1)C2. The van der Waals surface area contributed by atoms with Crippen LogP contribution in [0.4, 0.5) is 0 Å². The second kappa shape index (κ2) is 6.43. The molecule has 0 spiro atoms. The molecular formula is C21H27N3O3. The molecule has 2 atom stereocenters. The summed E-state index contributed by atoms with van der Waals surface area (Å²) in [4.78, 5) is 41.4. The second-order valence-electron chi connectivity index (χ2n) is 9.02. The molecule has 4 saturated carbocycles. The number of aromatic nitrogens is 1. The molecular weight excluding hydrogens is 342 g/mol. The number of pyridine rings is 1. The molecule has 2 amide bonds. The van der Waals surface area contributed by atoms with Gasteiger partial charge in [-0.3, -0.25) is 14.4 Å². The lowest BCUT2D eigenvalue weighted by Gasteiger charge is -2.61. The normalized spacial score (nSPS) is 33.6. The minimum absolute atomic E-state index is 0.0147. The highest BCUT2D eigenvalue weighted by Gasteiger charge is 2.61. The zero-order valence-electron chi connectivity index (χ0n) is 16.0. The number of hydrogen-bond acceptors (Lipinski definition) is 4. The molecule has 4 bridgehead atoms. The van der Waals surface area contributed by atoms with Gasteiger partial charge in [0, 0.05) is 11.2 Å². The molecule has 0 aromatic carbocycles. The van der Waals surface area contributed by atoms with Crippen molar-refractivity contribution in [2.45, 2.75) is 57.9 Å². The van der Waals surface area contributed by atoms with E-state index in [1.54, 1.807) is 6.07 Å². The van der Waals surface area contributed by atoms with Crippen LogP contribution in [-0.4, -0.2) is 34.7 Å². The van der Waals surface area contributed by atoms with Crippen LogP contribution in [0.25, 0.3) is 0 Å². The minimum Gasteiger partial charge on any atom is -0.349 e. The molecule has 1 aromatic rings. The van der Waals surface area contributed by atoms with Crippen molar-refractivity contribution in [2.24, 2.45) is 17.3 Å². The van der Waals surface area contributed by atoms with Gasteiger partial charge in [-0.25, -0.2) is 4.98 Å². The summed E-state index contributed by atoms with van der Waals surface area (Å²) in [5.74, 6) is 0.709. The van der Waals surface area contributed by atoms with E-state index in [-0.39, 0.29) is 29.7 Å². The summed E-state index contributed by atoms with van der Waals surface area (Å²) >= 11 is 0. The van der Waals surface area contributed by atoms with Gasteiger partial charge < -0.3 is 10.6 Å². The molecule has 4 fully saturated rings. The lowest BCUT2D eigenvalue weighted by atomic mass is 9.46. The van der Waals surface area contributed by atoms with E-state index in [4.69, 9.17) is 0 Å². The van der Waals surface area contributed by atoms with E-state index in [1.807, 2.05) is 19.1 Å². The lowest BCUT2D eigenvalue weighted by Crippen LogP contribution is -2.66. The predicted octanol–water partition coefficient (Wildman–Crippen LogP) is 2.16. The fourth-order valence-corrected chi connectivity index (χ4v) is 6.04. The molecule has 27 heavy (non-hydrogen) atoms. The Balaban J connectivity index is 1.55. The molecule has 0 saturated heterocycles. The largest absolute Gasteiger partial charge is 0.349 e. The van der Waals surface area contributed by atoms with Crippen LogP contribution in [-0.2, 0) is 9.59 Å². The van der Waals surface area contributed by atoms with Gasteiger partial charge in [0.2, 0.25) is 5.91 Å². The summed E-state index contributed by atoms with van der Waals surface area (Å²) < 4.78 is 0. The van der Waals surface area contributed by atoms with Crippen LogP contribution >= 0.6 is 0 Å². The number of carbonyl (C=O) groups excluding carboxylic acids is 3. The molecule has 0 aliphatic heterocycles. The predicted molar refractivity (Wildman–Crippen MR) is 100.0 cm³/mol. The third-order valence-corrected chi connectivity index (χ3v) is 6.54. The summed E-state index contributed by atoms with van der Waals surface area (Å²) in [6, 6.07) is 5.45. The van der Waals surface area contributed by atoms with E-state index in [1.165, 1.54) is 6.92 Å². The number of amides is 2. The van der Waals surface area contributed by atoms with Crippen LogP contribution in [0.15, 0.2) is 18.2 Å². The molecule has 5 rings (SSSR count). The van der Waals surface area contributed by atoms with Crippen molar-refractivity contribution < 1.29 is 14.4 Å². The van der Waals surface area contributed by atoms with Crippen LogP contribution in [0.5, 0.6) is 0 Å². The molecule has 6 heteroatoms. The van der Waals surface area contributed by atoms with E-state index in [9.17, 15) is 14.4 Å². The van der Waals surface area contributed by atoms with Crippen molar-refractivity contribution in [3.8, 4) is 0 Å². The first-order valence-corrected chi connectivity index (χ1v) is 9.83. The molecule has 2 unspecified atom stereocenters. The van der Waals surface area contributed by atoms with Crippen molar-refractivity contribution >= 4 is 17.6 Å². The van der Waals surface area contributed by atoms with Gasteiger partial charge in [0.1, 0.15) is 11.5 Å². The zero-order valence-corrected chi connectivity index (χ0v) is 16.0. The van der Waals surface area contributed by atoms with Gasteiger partial charge in [0.15, 0.2) is 0 Å². The van der Waals surface area contributed by atoms with Crippen LogP contribution < -0.4 is 10.6 Å². The fraction of sp³-hybridized carbons (Fsp3) is 0.619. The first-order valence-electron chi connectivity index (χ1n) is 9.83. The molecule has 0 radical (unpaired) electrons. The molecule has 2 N–H and O–H groups in total. The van der Waals surface area contributed by atoms with Crippen LogP contribution in [0.2, 0.25) is 0 Å². The van der Waals surface area contributed by atoms with E-state index < -0.39 is 5.41 Å². The van der Waals surface area contributed by atoms with Crippen molar-refractivity contribution in [3.05, 3.63) is 29.6 Å². The van der Waals surface area contributed by atoms with Gasteiger partial charge in [-0.1, -0.05) is 6.07 Å². The van der Waals surface area contributed by atoms with Gasteiger partial charge >= 0.3 is 0 Å². The Morgan fingerprint density at radius 3 is 2.48 bits per heavy atom. The molecule has 144 valence electrons. The van der Waals surface area contributed by atoms with Gasteiger partial charge in [0.05, 0.1) is 12.0 Å². The maximum atomic E-state index is 13.0. The number of hydrogen-bond donors (Lipinski definition) is 2. The maximum absolute atomic E-state index is 13.0. The first kappa shape index (κ1) is 18.1. The standard InChI is InChI=1S/C21H27N3O3/c1-13-4-3-5-17(23-13)18(26)24-21-9-15-6-16(10-21)8-20(7-15,12-21)19(27)22-11-14(2)25/h3-5,15-16H,6-12H2,1-2H3,(H,22,27)(H,24,26). The van der Waals surface area contributed by atoms with Gasteiger partial charge in [-0.2, -0.15) is 0 Å². The molecule has 4 aliphatic rings. The number of nitrogens with one attached hydrogen (secondary N) is 2. The van der Waals surface area contributed by atoms with Crippen molar-refractivity contribution in [1.29, 1.82) is 0 Å². The van der Waals surface area contributed by atoms with Crippen molar-refractivity contribution in [3.63, 3.8) is 0 Å². The van der Waals surface area contributed by atoms with Gasteiger partial charge in [-0.05, 0) is 76.3 Å². The lowest BCUT2D eigenvalue weighted by molar-refractivity contribution is -0.150. The highest BCUT2D eigenvalue weighted by Crippen LogP contribution is 2.61. The van der Waals surface area contributed by atoms with E-state index >= 15 is 0 Å².